The van der Waals surface area contributed by atoms with Gasteiger partial charge in [0.25, 0.3) is 0 Å². The van der Waals surface area contributed by atoms with Crippen molar-refractivity contribution < 1.29 is 9.53 Å². The summed E-state index contributed by atoms with van der Waals surface area (Å²) in [6.07, 6.45) is 0. The summed E-state index contributed by atoms with van der Waals surface area (Å²) < 4.78 is 5.12. The van der Waals surface area contributed by atoms with Crippen LogP contribution in [0.5, 0.6) is 0 Å². The van der Waals surface area contributed by atoms with Crippen molar-refractivity contribution in [1.82, 2.24) is 15.0 Å². The van der Waals surface area contributed by atoms with E-state index in [9.17, 15) is 4.79 Å². The number of pyridine rings is 1. The molecular weight excluding hydrogens is 242 g/mol. The highest BCUT2D eigenvalue weighted by molar-refractivity contribution is 5.79. The molecule has 0 aliphatic carbocycles. The second-order valence-electron chi connectivity index (χ2n) is 4.92. The van der Waals surface area contributed by atoms with Crippen LogP contribution in [-0.2, 0) is 9.53 Å². The van der Waals surface area contributed by atoms with Gasteiger partial charge in [-0.05, 0) is 31.9 Å². The fraction of sp³-hybridized carbons (Fsp3) is 0.500. The lowest BCUT2D eigenvalue weighted by molar-refractivity contribution is -0.146. The van der Waals surface area contributed by atoms with Crippen molar-refractivity contribution >= 4 is 17.1 Å². The zero-order valence-electron chi connectivity index (χ0n) is 11.7. The molecule has 1 unspecified atom stereocenters. The number of carbonyl (C=O) groups excluding carboxylic acids is 1. The van der Waals surface area contributed by atoms with E-state index in [0.717, 1.165) is 11.2 Å². The Hall–Kier alpha value is -1.91. The van der Waals surface area contributed by atoms with Gasteiger partial charge in [0.2, 0.25) is 0 Å². The average Bonchev–Trinajstić information content (AvgIpc) is 2.71. The number of H-pyrrole nitrogens is 1. The van der Waals surface area contributed by atoms with Gasteiger partial charge in [0, 0.05) is 5.69 Å². The van der Waals surface area contributed by atoms with Gasteiger partial charge < -0.3 is 9.72 Å². The Bertz CT molecular complexity index is 589. The zero-order chi connectivity index (χ0) is 14.0. The molecule has 0 radical (unpaired) electrons. The van der Waals surface area contributed by atoms with Crippen LogP contribution in [0, 0.1) is 12.8 Å². The fourth-order valence-corrected chi connectivity index (χ4v) is 2.08. The molecule has 0 spiro atoms. The number of rotatable bonds is 4. The van der Waals surface area contributed by atoms with E-state index < -0.39 is 0 Å². The van der Waals surface area contributed by atoms with Crippen LogP contribution in [0.1, 0.15) is 38.2 Å². The predicted octanol–water partition coefficient (Wildman–Crippen LogP) is 2.57. The van der Waals surface area contributed by atoms with Gasteiger partial charge >= 0.3 is 5.97 Å². The second-order valence-corrected chi connectivity index (χ2v) is 4.92. The Morgan fingerprint density at radius 2 is 2.11 bits per heavy atom. The number of ether oxygens (including phenoxy) is 1. The van der Waals surface area contributed by atoms with Crippen LogP contribution in [0.3, 0.4) is 0 Å². The lowest BCUT2D eigenvalue weighted by Gasteiger charge is -2.16. The third kappa shape index (κ3) is 2.75. The van der Waals surface area contributed by atoms with Crippen molar-refractivity contribution in [2.45, 2.75) is 33.6 Å². The molecule has 0 saturated heterocycles. The number of hydrogen-bond acceptors (Lipinski definition) is 4. The van der Waals surface area contributed by atoms with Gasteiger partial charge in [-0.1, -0.05) is 13.8 Å². The van der Waals surface area contributed by atoms with E-state index >= 15 is 0 Å². The molecular formula is C14H19N3O2. The predicted molar refractivity (Wildman–Crippen MR) is 72.8 cm³/mol. The number of aromatic amines is 1. The molecule has 0 aliphatic heterocycles. The molecule has 0 aromatic carbocycles. The minimum atomic E-state index is -0.380. The monoisotopic (exact) mass is 261 g/mol. The van der Waals surface area contributed by atoms with Crippen molar-refractivity contribution in [1.29, 1.82) is 0 Å². The lowest BCUT2D eigenvalue weighted by atomic mass is 9.95. The summed E-state index contributed by atoms with van der Waals surface area (Å²) in [4.78, 5) is 24.0. The molecule has 5 heteroatoms. The summed E-state index contributed by atoms with van der Waals surface area (Å²) in [7, 11) is 0. The lowest BCUT2D eigenvalue weighted by Crippen LogP contribution is -2.22. The van der Waals surface area contributed by atoms with Crippen LogP contribution < -0.4 is 0 Å². The number of aromatic nitrogens is 3. The summed E-state index contributed by atoms with van der Waals surface area (Å²) in [5.41, 5.74) is 2.39. The number of nitrogens with zero attached hydrogens (tertiary/aromatic N) is 2. The van der Waals surface area contributed by atoms with E-state index in [2.05, 4.69) is 15.0 Å². The quantitative estimate of drug-likeness (QED) is 0.859. The molecule has 0 saturated carbocycles. The van der Waals surface area contributed by atoms with Crippen LogP contribution >= 0.6 is 0 Å². The Morgan fingerprint density at radius 1 is 1.37 bits per heavy atom. The zero-order valence-corrected chi connectivity index (χ0v) is 11.7. The van der Waals surface area contributed by atoms with Crippen LogP contribution in [0.2, 0.25) is 0 Å². The first-order valence-electron chi connectivity index (χ1n) is 6.52. The number of carbonyl (C=O) groups is 1. The first-order valence-corrected chi connectivity index (χ1v) is 6.52. The van der Waals surface area contributed by atoms with Gasteiger partial charge in [-0.3, -0.25) is 4.79 Å². The third-order valence-corrected chi connectivity index (χ3v) is 3.01. The smallest absolute Gasteiger partial charge is 0.316 e. The van der Waals surface area contributed by atoms with E-state index in [1.165, 1.54) is 0 Å². The number of imidazole rings is 1. The molecule has 0 fully saturated rings. The van der Waals surface area contributed by atoms with Gasteiger partial charge in [-0.2, -0.15) is 0 Å². The molecule has 5 nitrogen and oxygen atoms in total. The number of nitrogens with one attached hydrogen (secondary N) is 1. The number of esters is 1. The molecule has 0 amide bonds. The molecule has 2 heterocycles. The van der Waals surface area contributed by atoms with E-state index in [-0.39, 0.29) is 17.8 Å². The molecule has 0 bridgehead atoms. The van der Waals surface area contributed by atoms with Crippen LogP contribution in [-0.4, -0.2) is 27.5 Å². The highest BCUT2D eigenvalue weighted by Gasteiger charge is 2.28. The van der Waals surface area contributed by atoms with Crippen LogP contribution in [0.15, 0.2) is 12.1 Å². The fourth-order valence-electron chi connectivity index (χ4n) is 2.08. The van der Waals surface area contributed by atoms with Crippen LogP contribution in [0.4, 0.5) is 0 Å². The Balaban J connectivity index is 2.41. The van der Waals surface area contributed by atoms with Crippen molar-refractivity contribution in [2.75, 3.05) is 6.61 Å². The molecule has 2 aromatic heterocycles. The maximum absolute atomic E-state index is 12.0. The van der Waals surface area contributed by atoms with Crippen molar-refractivity contribution in [2.24, 2.45) is 5.92 Å². The molecule has 0 aliphatic rings. The minimum absolute atomic E-state index is 0.112. The average molecular weight is 261 g/mol. The second kappa shape index (κ2) is 5.38. The maximum atomic E-state index is 12.0. The molecule has 1 atom stereocenters. The highest BCUT2D eigenvalue weighted by Crippen LogP contribution is 2.25. The topological polar surface area (TPSA) is 67.9 Å². The van der Waals surface area contributed by atoms with E-state index in [4.69, 9.17) is 4.74 Å². The number of hydrogen-bond donors (Lipinski definition) is 1. The van der Waals surface area contributed by atoms with Crippen molar-refractivity contribution in [3.63, 3.8) is 0 Å². The Labute approximate surface area is 112 Å². The summed E-state index contributed by atoms with van der Waals surface area (Å²) in [5, 5.41) is 0. The molecule has 19 heavy (non-hydrogen) atoms. The number of fused-ring (bicyclic) bond motifs is 1. The summed E-state index contributed by atoms with van der Waals surface area (Å²) in [6.45, 7) is 8.05. The summed E-state index contributed by atoms with van der Waals surface area (Å²) >= 11 is 0. The van der Waals surface area contributed by atoms with Gasteiger partial charge in [0.15, 0.2) is 5.65 Å². The van der Waals surface area contributed by atoms with Gasteiger partial charge in [-0.25, -0.2) is 9.97 Å². The van der Waals surface area contributed by atoms with Crippen molar-refractivity contribution in [3.8, 4) is 0 Å². The first-order chi connectivity index (χ1) is 9.02. The van der Waals surface area contributed by atoms with E-state index in [0.29, 0.717) is 18.1 Å². The Kier molecular flexibility index (Phi) is 3.83. The standard InChI is InChI=1S/C14H19N3O2/c1-5-19-14(18)11(8(2)3)13-16-10-7-6-9(4)15-12(10)17-13/h6-8,11H,5H2,1-4H3,(H,15,16,17). The highest BCUT2D eigenvalue weighted by atomic mass is 16.5. The molecule has 1 N–H and O–H groups in total. The molecule has 2 rings (SSSR count). The number of aryl methyl sites for hydroxylation is 1. The van der Waals surface area contributed by atoms with E-state index in [1.807, 2.05) is 32.9 Å². The summed E-state index contributed by atoms with van der Waals surface area (Å²) in [6, 6.07) is 3.84. The maximum Gasteiger partial charge on any atom is 0.316 e. The summed E-state index contributed by atoms with van der Waals surface area (Å²) in [5.74, 6) is 0.116. The SMILES string of the molecule is CCOC(=O)C(c1nc2nc(C)ccc2[nH]1)C(C)C. The first kappa shape index (κ1) is 13.5. The van der Waals surface area contributed by atoms with E-state index in [1.54, 1.807) is 6.92 Å². The third-order valence-electron chi connectivity index (χ3n) is 3.01. The minimum Gasteiger partial charge on any atom is -0.465 e. The van der Waals surface area contributed by atoms with Gasteiger partial charge in [0.05, 0.1) is 12.1 Å². The van der Waals surface area contributed by atoms with Gasteiger partial charge in [-0.15, -0.1) is 0 Å². The largest absolute Gasteiger partial charge is 0.465 e. The van der Waals surface area contributed by atoms with Gasteiger partial charge in [0.1, 0.15) is 11.7 Å². The molecule has 102 valence electrons. The molecule has 2 aromatic rings. The van der Waals surface area contributed by atoms with Crippen molar-refractivity contribution in [3.05, 3.63) is 23.7 Å². The van der Waals surface area contributed by atoms with Crippen LogP contribution in [0.25, 0.3) is 11.2 Å². The normalized spacial score (nSPS) is 12.9. The Morgan fingerprint density at radius 3 is 2.74 bits per heavy atom.